The summed E-state index contributed by atoms with van der Waals surface area (Å²) in [5.74, 6) is 2.35. The maximum atomic E-state index is 12.6. The summed E-state index contributed by atoms with van der Waals surface area (Å²) in [5, 5.41) is 5.57. The first-order valence-electron chi connectivity index (χ1n) is 13.4. The third-order valence-electron chi connectivity index (χ3n) is 6.11. The maximum absolute atomic E-state index is 12.6. The standard InChI is InChI=1S/C34H36N2O8/c1-39-27-19-23(20-28(40-2)33(27)43-5)13-7-11-17-31(37)35-25-15-9-10-16-26(25)36-32(38)18-12-8-14-24-21-29(41-3)34(44-6)30(22-24)42-4/h7-22H,1-6H3,(H,35,37)(H,36,38). The average Bonchev–Trinajstić information content (AvgIpc) is 3.04. The van der Waals surface area contributed by atoms with Crippen molar-refractivity contribution in [2.45, 2.75) is 0 Å². The number of nitrogens with one attached hydrogen (secondary N) is 2. The molecule has 3 rings (SSSR count). The molecule has 0 saturated carbocycles. The summed E-state index contributed by atoms with van der Waals surface area (Å²) in [5.41, 5.74) is 2.49. The number of anilines is 2. The van der Waals surface area contributed by atoms with Crippen molar-refractivity contribution in [3.63, 3.8) is 0 Å². The lowest BCUT2D eigenvalue weighted by Gasteiger charge is -2.12. The highest BCUT2D eigenvalue weighted by atomic mass is 16.5. The molecule has 0 aliphatic rings. The zero-order valence-corrected chi connectivity index (χ0v) is 25.5. The van der Waals surface area contributed by atoms with Crippen molar-refractivity contribution in [1.82, 2.24) is 0 Å². The molecule has 0 radical (unpaired) electrons. The van der Waals surface area contributed by atoms with Crippen LogP contribution in [0, 0.1) is 0 Å². The summed E-state index contributed by atoms with van der Waals surface area (Å²) in [6.07, 6.45) is 13.0. The van der Waals surface area contributed by atoms with E-state index in [0.29, 0.717) is 45.9 Å². The molecule has 44 heavy (non-hydrogen) atoms. The van der Waals surface area contributed by atoms with E-state index < -0.39 is 0 Å². The number of para-hydroxylation sites is 2. The van der Waals surface area contributed by atoms with Gasteiger partial charge in [0, 0.05) is 12.2 Å². The van der Waals surface area contributed by atoms with E-state index in [1.807, 2.05) is 0 Å². The van der Waals surface area contributed by atoms with Crippen LogP contribution in [0.2, 0.25) is 0 Å². The Morgan fingerprint density at radius 1 is 0.523 bits per heavy atom. The molecule has 2 N–H and O–H groups in total. The van der Waals surface area contributed by atoms with Gasteiger partial charge in [0.15, 0.2) is 23.0 Å². The molecule has 10 nitrogen and oxygen atoms in total. The van der Waals surface area contributed by atoms with Gasteiger partial charge in [0.25, 0.3) is 0 Å². The largest absolute Gasteiger partial charge is 0.493 e. The molecule has 0 bridgehead atoms. The topological polar surface area (TPSA) is 114 Å². The third-order valence-corrected chi connectivity index (χ3v) is 6.11. The number of benzene rings is 3. The number of carbonyl (C=O) groups excluding carboxylic acids is 2. The first-order chi connectivity index (χ1) is 21.4. The first kappa shape index (κ1) is 32.9. The second-order valence-electron chi connectivity index (χ2n) is 8.88. The third kappa shape index (κ3) is 8.93. The van der Waals surface area contributed by atoms with Gasteiger partial charge in [-0.2, -0.15) is 0 Å². The summed E-state index contributed by atoms with van der Waals surface area (Å²) in [6, 6.07) is 14.1. The quantitative estimate of drug-likeness (QED) is 0.167. The van der Waals surface area contributed by atoms with Crippen LogP contribution < -0.4 is 39.1 Å². The highest BCUT2D eigenvalue weighted by Crippen LogP contribution is 2.39. The van der Waals surface area contributed by atoms with Gasteiger partial charge in [-0.05, 0) is 47.5 Å². The summed E-state index contributed by atoms with van der Waals surface area (Å²) in [4.78, 5) is 25.1. The molecular formula is C34H36N2O8. The number of amides is 2. The van der Waals surface area contributed by atoms with Crippen molar-refractivity contribution in [1.29, 1.82) is 0 Å². The van der Waals surface area contributed by atoms with Crippen molar-refractivity contribution in [2.75, 3.05) is 53.3 Å². The molecule has 0 spiro atoms. The number of hydrogen-bond donors (Lipinski definition) is 2. The van der Waals surface area contributed by atoms with E-state index >= 15 is 0 Å². The summed E-state index contributed by atoms with van der Waals surface area (Å²) >= 11 is 0. The van der Waals surface area contributed by atoms with Gasteiger partial charge < -0.3 is 39.1 Å². The molecule has 3 aromatic rings. The highest BCUT2D eigenvalue weighted by Gasteiger charge is 2.13. The van der Waals surface area contributed by atoms with Crippen LogP contribution >= 0.6 is 0 Å². The van der Waals surface area contributed by atoms with Crippen molar-refractivity contribution in [3.05, 3.63) is 96.1 Å². The molecule has 0 unspecified atom stereocenters. The number of ether oxygens (including phenoxy) is 6. The molecule has 0 heterocycles. The zero-order valence-electron chi connectivity index (χ0n) is 25.5. The molecule has 0 aliphatic carbocycles. The molecular weight excluding hydrogens is 564 g/mol. The van der Waals surface area contributed by atoms with Gasteiger partial charge in [-0.1, -0.05) is 48.6 Å². The normalized spacial score (nSPS) is 11.2. The lowest BCUT2D eigenvalue weighted by Crippen LogP contribution is -2.13. The Kier molecular flexibility index (Phi) is 12.5. The Labute approximate surface area is 257 Å². The lowest BCUT2D eigenvalue weighted by atomic mass is 10.1. The van der Waals surface area contributed by atoms with Gasteiger partial charge in [0.1, 0.15) is 0 Å². The van der Waals surface area contributed by atoms with Gasteiger partial charge in [-0.15, -0.1) is 0 Å². The van der Waals surface area contributed by atoms with E-state index in [0.717, 1.165) is 11.1 Å². The molecule has 0 aromatic heterocycles. The molecule has 2 amide bonds. The van der Waals surface area contributed by atoms with Gasteiger partial charge in [0.05, 0.1) is 54.0 Å². The molecule has 10 heteroatoms. The van der Waals surface area contributed by atoms with E-state index in [9.17, 15) is 9.59 Å². The van der Waals surface area contributed by atoms with E-state index in [2.05, 4.69) is 10.6 Å². The SMILES string of the molecule is COc1cc(C=CC=CC(=O)Nc2ccccc2NC(=O)C=CC=Cc2cc(OC)c(OC)c(OC)c2)cc(OC)c1OC. The average molecular weight is 601 g/mol. The number of methoxy groups -OCH3 is 6. The molecule has 230 valence electrons. The van der Waals surface area contributed by atoms with Crippen LogP contribution in [0.4, 0.5) is 11.4 Å². The second-order valence-corrected chi connectivity index (χ2v) is 8.88. The maximum Gasteiger partial charge on any atom is 0.248 e. The monoisotopic (exact) mass is 600 g/mol. The summed E-state index contributed by atoms with van der Waals surface area (Å²) in [6.45, 7) is 0. The first-order valence-corrected chi connectivity index (χ1v) is 13.4. The van der Waals surface area contributed by atoms with Crippen molar-refractivity contribution < 1.29 is 38.0 Å². The Balaban J connectivity index is 1.61. The molecule has 0 fully saturated rings. The molecule has 0 aliphatic heterocycles. The predicted molar refractivity (Wildman–Crippen MR) is 172 cm³/mol. The van der Waals surface area contributed by atoms with E-state index in [1.165, 1.54) is 26.4 Å². The molecule has 3 aromatic carbocycles. The fourth-order valence-corrected chi connectivity index (χ4v) is 4.06. The van der Waals surface area contributed by atoms with Crippen LogP contribution in [0.1, 0.15) is 11.1 Å². The van der Waals surface area contributed by atoms with Crippen molar-refractivity contribution in [3.8, 4) is 34.5 Å². The van der Waals surface area contributed by atoms with Crippen LogP contribution in [-0.4, -0.2) is 54.5 Å². The fraction of sp³-hybridized carbons (Fsp3) is 0.176. The van der Waals surface area contributed by atoms with Gasteiger partial charge in [-0.3, -0.25) is 9.59 Å². The summed E-state index contributed by atoms with van der Waals surface area (Å²) in [7, 11) is 9.25. The number of rotatable bonds is 14. The Morgan fingerprint density at radius 3 is 1.16 bits per heavy atom. The Morgan fingerprint density at radius 2 is 0.864 bits per heavy atom. The van der Waals surface area contributed by atoms with Crippen LogP contribution in [0.15, 0.2) is 85.0 Å². The van der Waals surface area contributed by atoms with Crippen LogP contribution in [0.5, 0.6) is 34.5 Å². The number of carbonyl (C=O) groups is 2. The van der Waals surface area contributed by atoms with E-state index in [1.54, 1.807) is 113 Å². The lowest BCUT2D eigenvalue weighted by molar-refractivity contribution is -0.112. The zero-order chi connectivity index (χ0) is 31.9. The van der Waals surface area contributed by atoms with Crippen LogP contribution in [0.25, 0.3) is 12.2 Å². The van der Waals surface area contributed by atoms with Crippen LogP contribution in [-0.2, 0) is 9.59 Å². The van der Waals surface area contributed by atoms with Gasteiger partial charge >= 0.3 is 0 Å². The molecule has 0 atom stereocenters. The Hall–Kier alpha value is -5.64. The van der Waals surface area contributed by atoms with Crippen molar-refractivity contribution >= 4 is 35.3 Å². The van der Waals surface area contributed by atoms with Gasteiger partial charge in [-0.25, -0.2) is 0 Å². The fourth-order valence-electron chi connectivity index (χ4n) is 4.06. The van der Waals surface area contributed by atoms with E-state index in [4.69, 9.17) is 28.4 Å². The second kappa shape index (κ2) is 16.7. The number of allylic oxidation sites excluding steroid dienone is 4. The van der Waals surface area contributed by atoms with Gasteiger partial charge in [0.2, 0.25) is 23.3 Å². The minimum absolute atomic E-state index is 0.370. The summed E-state index contributed by atoms with van der Waals surface area (Å²) < 4.78 is 32.1. The smallest absolute Gasteiger partial charge is 0.248 e. The predicted octanol–water partition coefficient (Wildman–Crippen LogP) is 6.15. The highest BCUT2D eigenvalue weighted by molar-refractivity contribution is 6.06. The van der Waals surface area contributed by atoms with Crippen molar-refractivity contribution in [2.24, 2.45) is 0 Å². The van der Waals surface area contributed by atoms with Crippen LogP contribution in [0.3, 0.4) is 0 Å². The molecule has 0 saturated heterocycles. The minimum atomic E-state index is -0.370. The Bertz CT molecular complexity index is 1410. The number of hydrogen-bond acceptors (Lipinski definition) is 8. The van der Waals surface area contributed by atoms with E-state index in [-0.39, 0.29) is 11.8 Å². The minimum Gasteiger partial charge on any atom is -0.493 e.